The van der Waals surface area contributed by atoms with Crippen LogP contribution in [0, 0.1) is 0 Å². The Balaban J connectivity index is -0.000000179. The van der Waals surface area contributed by atoms with Gasteiger partial charge in [0.05, 0.1) is 0 Å². The Morgan fingerprint density at radius 3 is 1.03 bits per heavy atom. The van der Waals surface area contributed by atoms with Crippen LogP contribution in [0.5, 0.6) is 0 Å². The number of rotatable bonds is 18. The van der Waals surface area contributed by atoms with E-state index in [1.807, 2.05) is 28.1 Å². The van der Waals surface area contributed by atoms with Gasteiger partial charge in [-0.2, -0.15) is 0 Å². The topological polar surface area (TPSA) is 64.6 Å². The van der Waals surface area contributed by atoms with E-state index in [9.17, 15) is 10.2 Å². The van der Waals surface area contributed by atoms with Crippen molar-refractivity contribution in [2.24, 2.45) is 0 Å². The van der Waals surface area contributed by atoms with E-state index in [4.69, 9.17) is 6.15 Å². The molecule has 32 heavy (non-hydrogen) atoms. The Bertz CT molecular complexity index is 253. The summed E-state index contributed by atoms with van der Waals surface area (Å²) in [6.45, 7) is 13.2. The fourth-order valence-electron chi connectivity index (χ4n) is 2.53. The molecule has 0 rings (SSSR count). The molecule has 0 aromatic rings. The van der Waals surface area contributed by atoms with Crippen molar-refractivity contribution in [3.8, 4) is 0 Å². The van der Waals surface area contributed by atoms with Gasteiger partial charge in [0.1, 0.15) is 0 Å². The molecule has 0 radical (unpaired) electrons. The fourth-order valence-corrected chi connectivity index (χ4v) is 15.3. The van der Waals surface area contributed by atoms with Gasteiger partial charge < -0.3 is 10.2 Å². The Kier molecular flexibility index (Phi) is 50.3. The molecule has 0 aliphatic carbocycles. The van der Waals surface area contributed by atoms with E-state index in [0.717, 1.165) is 25.7 Å². The molecule has 0 heterocycles. The molecule has 0 fully saturated rings. The summed E-state index contributed by atoms with van der Waals surface area (Å²) in [5, 5.41) is 19.1. The maximum absolute atomic E-state index is 9.53. The molecule has 0 spiro atoms. The van der Waals surface area contributed by atoms with Gasteiger partial charge in [-0.1, -0.05) is 39.5 Å². The van der Waals surface area contributed by atoms with Crippen LogP contribution >= 0.6 is 0 Å². The van der Waals surface area contributed by atoms with E-state index in [0.29, 0.717) is 0 Å². The van der Waals surface area contributed by atoms with Crippen molar-refractivity contribution in [1.82, 2.24) is 0 Å². The molecule has 196 valence electrons. The number of hydrogen-bond acceptors (Lipinski definition) is 4. The molecule has 4 nitrogen and oxygen atoms in total. The second-order valence-corrected chi connectivity index (χ2v) is 22.8. The van der Waals surface area contributed by atoms with Crippen LogP contribution < -0.4 is 10.2 Å². The number of hydrogen-bond donors (Lipinski definition) is 0. The van der Waals surface area contributed by atoms with Gasteiger partial charge >= 0.3 is 158 Å². The zero-order valence-corrected chi connectivity index (χ0v) is 29.1. The molecule has 6 heteroatoms. The molecule has 0 amide bonds. The molecule has 0 atom stereocenters. The van der Waals surface area contributed by atoms with Crippen LogP contribution in [0.1, 0.15) is 119 Å². The van der Waals surface area contributed by atoms with Crippen molar-refractivity contribution in [1.29, 1.82) is 0 Å². The summed E-state index contributed by atoms with van der Waals surface area (Å²) in [4.78, 5) is 0. The molecule has 0 bridgehead atoms. The second kappa shape index (κ2) is 39.6. The van der Waals surface area contributed by atoms with Crippen LogP contribution in [0.2, 0.25) is 17.7 Å². The van der Waals surface area contributed by atoms with E-state index in [1.54, 1.807) is 8.87 Å². The maximum atomic E-state index is 9.53. The molecule has 0 saturated carbocycles. The average molecular weight is 674 g/mol. The van der Waals surface area contributed by atoms with Crippen molar-refractivity contribution in [2.45, 2.75) is 136 Å². The van der Waals surface area contributed by atoms with E-state index in [2.05, 4.69) is 27.7 Å². The SMILES string of the molecule is CCCC[O-].CCCC[O-].CCC[CH2][Sn+2][CH2]CCC.CCC[CH2][Sn]([CH2]CCC)([O]C)[O]C. The quantitative estimate of drug-likeness (QED) is 0.119. The molecule has 0 unspecified atom stereocenters. The van der Waals surface area contributed by atoms with E-state index in [-0.39, 0.29) is 34.4 Å². The van der Waals surface area contributed by atoms with Gasteiger partial charge in [0, 0.05) is 0 Å². The normalized spacial score (nSPS) is 10.1. The summed E-state index contributed by atoms with van der Waals surface area (Å²) in [6.07, 6.45) is 14.6. The first-order valence-corrected chi connectivity index (χ1v) is 23.9. The average Bonchev–Trinajstić information content (AvgIpc) is 2.82. The van der Waals surface area contributed by atoms with Gasteiger partial charge in [-0.3, -0.25) is 0 Å². The fraction of sp³-hybridized carbons (Fsp3) is 1.00. The van der Waals surface area contributed by atoms with Gasteiger partial charge in [0.2, 0.25) is 0 Å². The Morgan fingerprint density at radius 2 is 0.844 bits per heavy atom. The third kappa shape index (κ3) is 38.7. The van der Waals surface area contributed by atoms with Crippen LogP contribution in [-0.2, 0) is 6.15 Å². The van der Waals surface area contributed by atoms with E-state index >= 15 is 0 Å². The van der Waals surface area contributed by atoms with Gasteiger partial charge in [-0.05, 0) is 0 Å². The summed E-state index contributed by atoms with van der Waals surface area (Å²) in [7, 11) is 3.68. The van der Waals surface area contributed by atoms with Crippen molar-refractivity contribution in [2.75, 3.05) is 27.4 Å². The van der Waals surface area contributed by atoms with Crippen LogP contribution in [0.15, 0.2) is 0 Å². The first-order chi connectivity index (χ1) is 15.5. The van der Waals surface area contributed by atoms with Crippen LogP contribution in [0.4, 0.5) is 0 Å². The Hall–Kier alpha value is 1.44. The van der Waals surface area contributed by atoms with Crippen molar-refractivity contribution in [3.63, 3.8) is 0 Å². The summed E-state index contributed by atoms with van der Waals surface area (Å²) in [5.74, 6) is 0. The number of unbranched alkanes of at least 4 members (excludes halogenated alkanes) is 6. The standard InChI is InChI=1S/2C4H9O.4C4H9.2CH3O.2Sn/c2*1-2-3-4-5;4*1-3-4-2;2*1-2;;/h2*2-4H2,1H3;4*1,3-4H2,2H3;2*1H3;;/q2*-1;;;;;2*-1;2*+2. The van der Waals surface area contributed by atoms with Gasteiger partial charge in [0.15, 0.2) is 0 Å². The van der Waals surface area contributed by atoms with Crippen LogP contribution in [0.3, 0.4) is 0 Å². The molecular formula is C26H60O4Sn2. The predicted octanol–water partition coefficient (Wildman–Crippen LogP) is 6.74. The van der Waals surface area contributed by atoms with Crippen LogP contribution in [-0.4, -0.2) is 67.8 Å². The third-order valence-corrected chi connectivity index (χ3v) is 19.6. The summed E-state index contributed by atoms with van der Waals surface area (Å²) in [5.41, 5.74) is 0. The van der Waals surface area contributed by atoms with Crippen molar-refractivity contribution in [3.05, 3.63) is 0 Å². The summed E-state index contributed by atoms with van der Waals surface area (Å²) >= 11 is -2.39. The van der Waals surface area contributed by atoms with Crippen molar-refractivity contribution < 1.29 is 16.4 Å². The zero-order chi connectivity index (χ0) is 25.3. The molecule has 0 aromatic heterocycles. The third-order valence-electron chi connectivity index (χ3n) is 4.98. The van der Waals surface area contributed by atoms with Crippen molar-refractivity contribution >= 4 is 40.3 Å². The Morgan fingerprint density at radius 1 is 0.531 bits per heavy atom. The van der Waals surface area contributed by atoms with Gasteiger partial charge in [-0.15, -0.1) is 13.2 Å². The molecule has 0 N–H and O–H groups in total. The summed E-state index contributed by atoms with van der Waals surface area (Å²) in [6, 6.07) is 0. The van der Waals surface area contributed by atoms with E-state index < -0.39 is 19.2 Å². The Labute approximate surface area is 219 Å². The minimum atomic E-state index is -2.54. The van der Waals surface area contributed by atoms with E-state index in [1.165, 1.54) is 60.2 Å². The summed E-state index contributed by atoms with van der Waals surface area (Å²) < 4.78 is 17.0. The molecule has 0 aromatic carbocycles. The molecule has 0 aliphatic rings. The van der Waals surface area contributed by atoms with Gasteiger partial charge in [-0.25, -0.2) is 0 Å². The molecule has 0 saturated heterocycles. The second-order valence-electron chi connectivity index (χ2n) is 8.10. The molecular weight excluding hydrogens is 614 g/mol. The zero-order valence-electron chi connectivity index (χ0n) is 23.4. The first-order valence-electron chi connectivity index (χ1n) is 13.5. The minimum absolute atomic E-state index is 0.0938. The molecule has 0 aliphatic heterocycles. The van der Waals surface area contributed by atoms with Crippen LogP contribution in [0.25, 0.3) is 0 Å². The first kappa shape index (κ1) is 40.6. The predicted molar refractivity (Wildman–Crippen MR) is 144 cm³/mol. The van der Waals surface area contributed by atoms with Gasteiger partial charge in [0.25, 0.3) is 0 Å². The monoisotopic (exact) mass is 676 g/mol.